The fraction of sp³-hybridized carbons (Fsp3) is 1.00. The lowest BCUT2D eigenvalue weighted by atomic mass is 8.76. The van der Waals surface area contributed by atoms with Crippen LogP contribution in [0.5, 0.6) is 0 Å². The molecule has 3 aliphatic heterocycles. The highest BCUT2D eigenvalue weighted by molar-refractivity contribution is 7.73. The molecule has 2 unspecified atom stereocenters. The van der Waals surface area contributed by atoms with Crippen molar-refractivity contribution >= 4 is 70.3 Å². The summed E-state index contributed by atoms with van der Waals surface area (Å²) in [6.07, 6.45) is 0. The predicted molar refractivity (Wildman–Crippen MR) is 78.2 cm³/mol. The lowest BCUT2D eigenvalue weighted by Gasteiger charge is -2.54. The molecular weight excluding hydrogens is 188 g/mol. The Morgan fingerprint density at radius 1 is 1.00 bits per heavy atom. The molecule has 2 nitrogen and oxygen atoms in total. The first kappa shape index (κ1) is 13.0. The first-order valence-corrected chi connectivity index (χ1v) is 5.59. The molecule has 3 fully saturated rings. The van der Waals surface area contributed by atoms with E-state index in [9.17, 15) is 10.2 Å². The number of aliphatic hydroxyl groups is 2. The summed E-state index contributed by atoms with van der Waals surface area (Å²) in [4.78, 5) is 0. The van der Waals surface area contributed by atoms with Crippen LogP contribution in [-0.2, 0) is 0 Å². The molecule has 0 saturated carbocycles. The van der Waals surface area contributed by atoms with E-state index in [2.05, 4.69) is 14.2 Å². The van der Waals surface area contributed by atoms with E-state index in [-0.39, 0.29) is 30.7 Å². The zero-order valence-electron chi connectivity index (χ0n) is 9.16. The molecule has 65 valence electrons. The van der Waals surface area contributed by atoms with Crippen molar-refractivity contribution in [3.8, 4) is 0 Å². The van der Waals surface area contributed by atoms with Crippen LogP contribution in [0.25, 0.3) is 0 Å². The SMILES string of the molecule is OCC1B2[B][B][B][B][B][B][B][B]C1(CO)[B]2. The maximum absolute atomic E-state index is 9.48. The van der Waals surface area contributed by atoms with Crippen molar-refractivity contribution in [2.75, 3.05) is 13.2 Å². The summed E-state index contributed by atoms with van der Waals surface area (Å²) in [5.74, 6) is 0.0879. The van der Waals surface area contributed by atoms with Crippen LogP contribution in [-0.4, -0.2) is 93.7 Å². The van der Waals surface area contributed by atoms with Gasteiger partial charge in [0.1, 0.15) is 0 Å². The molecule has 3 aliphatic rings. The van der Waals surface area contributed by atoms with Gasteiger partial charge in [-0.05, 0) is 0 Å². The molecule has 2 atom stereocenters. The van der Waals surface area contributed by atoms with Crippen LogP contribution < -0.4 is 0 Å². The minimum atomic E-state index is -0.349. The third kappa shape index (κ3) is 2.53. The van der Waals surface area contributed by atoms with Crippen LogP contribution in [0.15, 0.2) is 0 Å². The average molecular weight is 195 g/mol. The molecule has 12 heteroatoms. The Bertz CT molecular complexity index is 225. The molecule has 3 rings (SSSR count). The second kappa shape index (κ2) is 5.95. The molecule has 0 aliphatic carbocycles. The Balaban J connectivity index is 1.99. The van der Waals surface area contributed by atoms with Crippen molar-refractivity contribution in [3.05, 3.63) is 0 Å². The molecule has 0 amide bonds. The smallest absolute Gasteiger partial charge is 0.0643 e. The van der Waals surface area contributed by atoms with Gasteiger partial charge < -0.3 is 10.2 Å². The van der Waals surface area contributed by atoms with Gasteiger partial charge in [-0.2, -0.15) is 0 Å². The minimum absolute atomic E-state index is 0.0559. The average Bonchev–Trinajstić information content (AvgIpc) is 2.34. The topological polar surface area (TPSA) is 40.5 Å². The molecule has 0 aromatic rings. The van der Waals surface area contributed by atoms with E-state index < -0.39 is 0 Å². The van der Waals surface area contributed by atoms with E-state index >= 15 is 0 Å². The predicted octanol–water partition coefficient (Wildman–Crippen LogP) is -4.28. The highest BCUT2D eigenvalue weighted by Gasteiger charge is 2.52. The van der Waals surface area contributed by atoms with E-state index in [1.54, 1.807) is 0 Å². The van der Waals surface area contributed by atoms with E-state index in [0.717, 1.165) is 0 Å². The van der Waals surface area contributed by atoms with Gasteiger partial charge in [0.2, 0.25) is 0 Å². The first-order chi connectivity index (χ1) is 7.82. The van der Waals surface area contributed by atoms with Gasteiger partial charge >= 0.3 is 0 Å². The summed E-state index contributed by atoms with van der Waals surface area (Å²) in [5, 5.41) is 18.5. The summed E-state index contributed by atoms with van der Waals surface area (Å²) in [6.45, 7) is 0.411. The molecule has 2 bridgehead atoms. The van der Waals surface area contributed by atoms with Gasteiger partial charge in [-0.15, -0.1) is 0 Å². The number of fused-ring (bicyclic) bond motifs is 7. The highest BCUT2D eigenvalue weighted by atomic mass is 16.3. The molecule has 0 aromatic carbocycles. The van der Waals surface area contributed by atoms with Crippen LogP contribution in [0.2, 0.25) is 11.0 Å². The molecule has 3 heterocycles. The van der Waals surface area contributed by atoms with Gasteiger partial charge in [0.25, 0.3) is 0 Å². The van der Waals surface area contributed by atoms with Crippen LogP contribution in [0.1, 0.15) is 0 Å². The molecule has 0 spiro atoms. The zero-order chi connectivity index (χ0) is 11.4. The molecule has 0 aromatic heterocycles. The number of hydrogen-bond acceptors (Lipinski definition) is 2. The zero-order valence-corrected chi connectivity index (χ0v) is 9.16. The maximum atomic E-state index is 9.48. The monoisotopic (exact) mass is 197 g/mol. The van der Waals surface area contributed by atoms with Crippen molar-refractivity contribution in [2.45, 2.75) is 11.0 Å². The van der Waals surface area contributed by atoms with E-state index in [0.29, 0.717) is 0 Å². The lowest BCUT2D eigenvalue weighted by molar-refractivity contribution is 0.222. The van der Waals surface area contributed by atoms with Crippen molar-refractivity contribution in [1.29, 1.82) is 0 Å². The van der Waals surface area contributed by atoms with Crippen LogP contribution in [0.3, 0.4) is 0 Å². The summed E-state index contributed by atoms with van der Waals surface area (Å²) < 4.78 is 0. The minimum Gasteiger partial charge on any atom is -0.397 e. The Hall–Kier alpha value is 0.569. The number of hydrogen-bond donors (Lipinski definition) is 2. The molecule has 9 radical (unpaired) electrons. The standard InChI is InChI=1S/C4H7B10O2/c15-1-3-4(2-16)5-7-8-9-10-11-12-13-14(3)6-4/h3,15-16H,1-2H2. The van der Waals surface area contributed by atoms with Gasteiger partial charge in [0.05, 0.1) is 20.8 Å². The van der Waals surface area contributed by atoms with Crippen LogP contribution in [0, 0.1) is 0 Å². The van der Waals surface area contributed by atoms with Gasteiger partial charge in [-0.3, -0.25) is 0 Å². The van der Waals surface area contributed by atoms with Crippen LogP contribution >= 0.6 is 0 Å². The summed E-state index contributed by atoms with van der Waals surface area (Å²) in [7, 11) is 17.9. The maximum Gasteiger partial charge on any atom is 0.0643 e. The van der Waals surface area contributed by atoms with E-state index in [1.165, 1.54) is 0 Å². The Morgan fingerprint density at radius 2 is 1.69 bits per heavy atom. The molecule has 16 heavy (non-hydrogen) atoms. The number of aliphatic hydroxyl groups excluding tert-OH is 2. The fourth-order valence-corrected chi connectivity index (χ4v) is 2.40. The van der Waals surface area contributed by atoms with Crippen molar-refractivity contribution in [1.82, 2.24) is 0 Å². The fourth-order valence-electron chi connectivity index (χ4n) is 2.40. The highest BCUT2D eigenvalue weighted by Crippen LogP contribution is 2.48. The third-order valence-electron chi connectivity index (χ3n) is 3.42. The number of rotatable bonds is 2. The van der Waals surface area contributed by atoms with Gasteiger partial charge in [-0.1, -0.05) is 11.0 Å². The summed E-state index contributed by atoms with van der Waals surface area (Å²) >= 11 is 0. The first-order valence-electron chi connectivity index (χ1n) is 5.59. The van der Waals surface area contributed by atoms with Crippen molar-refractivity contribution in [2.24, 2.45) is 0 Å². The van der Waals surface area contributed by atoms with E-state index in [1.807, 2.05) is 49.5 Å². The Labute approximate surface area is 105 Å². The van der Waals surface area contributed by atoms with Crippen molar-refractivity contribution < 1.29 is 10.2 Å². The molecular formula is C4H7B10O2. The molecule has 2 N–H and O–H groups in total. The molecule has 3 saturated heterocycles. The van der Waals surface area contributed by atoms with Crippen LogP contribution in [0.4, 0.5) is 0 Å². The van der Waals surface area contributed by atoms with Gasteiger partial charge in [0, 0.05) is 62.6 Å². The summed E-state index contributed by atoms with van der Waals surface area (Å²) in [6, 6.07) is 0. The Morgan fingerprint density at radius 3 is 2.38 bits per heavy atom. The second-order valence-electron chi connectivity index (χ2n) is 4.32. The Kier molecular flexibility index (Phi) is 4.84. The summed E-state index contributed by atoms with van der Waals surface area (Å²) in [5.41, 5.74) is 0. The third-order valence-corrected chi connectivity index (χ3v) is 3.42. The lowest BCUT2D eigenvalue weighted by Crippen LogP contribution is -2.65. The quantitative estimate of drug-likeness (QED) is 0.438. The normalized spacial score (nSPS) is 31.9. The second-order valence-corrected chi connectivity index (χ2v) is 4.32. The van der Waals surface area contributed by atoms with Crippen molar-refractivity contribution in [3.63, 3.8) is 0 Å². The largest absolute Gasteiger partial charge is 0.397 e. The van der Waals surface area contributed by atoms with Gasteiger partial charge in [0.15, 0.2) is 0 Å². The van der Waals surface area contributed by atoms with E-state index in [4.69, 9.17) is 0 Å². The van der Waals surface area contributed by atoms with Gasteiger partial charge in [-0.25, -0.2) is 0 Å².